The van der Waals surface area contributed by atoms with E-state index in [0.717, 1.165) is 17.7 Å². The fraction of sp³-hybridized carbons (Fsp3) is 0. The zero-order chi connectivity index (χ0) is 23.9. The second-order valence-corrected chi connectivity index (χ2v) is 7.32. The summed E-state index contributed by atoms with van der Waals surface area (Å²) in [6.45, 7) is 0. The fourth-order valence-electron chi connectivity index (χ4n) is 3.08. The molecule has 4 aromatic rings. The van der Waals surface area contributed by atoms with Gasteiger partial charge in [-0.15, -0.1) is 0 Å². The van der Waals surface area contributed by atoms with Crippen LogP contribution < -0.4 is 21.3 Å². The lowest BCUT2D eigenvalue weighted by atomic mass is 10.2. The third-order valence-corrected chi connectivity index (χ3v) is 4.87. The SMILES string of the molecule is O=C(NNc1ncnc(NN(c2ccccc2)c2ccccc2)c1[N+](=O)[O-])c1cccc(Cl)c1. The number of hydrogen-bond donors (Lipinski definition) is 3. The highest BCUT2D eigenvalue weighted by Gasteiger charge is 2.25. The number of rotatable bonds is 8. The first kappa shape index (κ1) is 22.5. The molecule has 4 rings (SSSR count). The van der Waals surface area contributed by atoms with Crippen LogP contribution in [0.5, 0.6) is 0 Å². The van der Waals surface area contributed by atoms with E-state index in [1.165, 1.54) is 6.07 Å². The highest BCUT2D eigenvalue weighted by molar-refractivity contribution is 6.30. The van der Waals surface area contributed by atoms with Crippen molar-refractivity contribution in [3.05, 3.63) is 112 Å². The van der Waals surface area contributed by atoms with Crippen LogP contribution in [0.15, 0.2) is 91.3 Å². The standard InChI is InChI=1S/C23H18ClN7O3/c24-17-9-7-8-16(14-17)23(32)28-27-21-20(31(33)34)22(26-15-25-21)29-30(18-10-3-1-4-11-18)19-12-5-2-6-13-19/h1-15H,(H,28,32)(H2,25,26,27,29). The molecule has 0 bridgehead atoms. The lowest BCUT2D eigenvalue weighted by Gasteiger charge is -2.26. The maximum atomic E-state index is 12.4. The van der Waals surface area contributed by atoms with Gasteiger partial charge in [-0.3, -0.25) is 36.2 Å². The third kappa shape index (κ3) is 5.19. The first-order valence-corrected chi connectivity index (χ1v) is 10.4. The molecule has 3 N–H and O–H groups in total. The maximum absolute atomic E-state index is 12.4. The van der Waals surface area contributed by atoms with E-state index >= 15 is 0 Å². The molecule has 34 heavy (non-hydrogen) atoms. The lowest BCUT2D eigenvalue weighted by Crippen LogP contribution is -2.31. The Morgan fingerprint density at radius 3 is 2.09 bits per heavy atom. The lowest BCUT2D eigenvalue weighted by molar-refractivity contribution is -0.383. The summed E-state index contributed by atoms with van der Waals surface area (Å²) >= 11 is 5.92. The molecular formula is C23H18ClN7O3. The number of amides is 1. The van der Waals surface area contributed by atoms with Crippen LogP contribution in [0.2, 0.25) is 5.02 Å². The Bertz CT molecular complexity index is 1270. The minimum absolute atomic E-state index is 0.0767. The monoisotopic (exact) mass is 475 g/mol. The van der Waals surface area contributed by atoms with Gasteiger partial charge < -0.3 is 0 Å². The van der Waals surface area contributed by atoms with Crippen LogP contribution in [0.25, 0.3) is 0 Å². The molecule has 10 nitrogen and oxygen atoms in total. The van der Waals surface area contributed by atoms with Crippen molar-refractivity contribution in [2.24, 2.45) is 0 Å². The van der Waals surface area contributed by atoms with Crippen LogP contribution in [-0.2, 0) is 0 Å². The predicted molar refractivity (Wildman–Crippen MR) is 130 cm³/mol. The van der Waals surface area contributed by atoms with Crippen LogP contribution in [0.3, 0.4) is 0 Å². The van der Waals surface area contributed by atoms with Crippen molar-refractivity contribution in [1.29, 1.82) is 0 Å². The number of hydrogen-bond acceptors (Lipinski definition) is 8. The van der Waals surface area contributed by atoms with Gasteiger partial charge in [-0.2, -0.15) is 0 Å². The van der Waals surface area contributed by atoms with Gasteiger partial charge in [0, 0.05) is 10.6 Å². The molecule has 0 unspecified atom stereocenters. The van der Waals surface area contributed by atoms with Crippen LogP contribution in [0, 0.1) is 10.1 Å². The molecule has 3 aromatic carbocycles. The Labute approximate surface area is 199 Å². The summed E-state index contributed by atoms with van der Waals surface area (Å²) in [5.41, 5.74) is 9.18. The summed E-state index contributed by atoms with van der Waals surface area (Å²) in [7, 11) is 0. The summed E-state index contributed by atoms with van der Waals surface area (Å²) in [4.78, 5) is 31.7. The van der Waals surface area contributed by atoms with E-state index < -0.39 is 16.5 Å². The van der Waals surface area contributed by atoms with Crippen LogP contribution in [0.4, 0.5) is 28.7 Å². The molecule has 0 aliphatic carbocycles. The molecule has 0 aliphatic rings. The molecule has 1 heterocycles. The van der Waals surface area contributed by atoms with Crippen molar-refractivity contribution in [3.8, 4) is 0 Å². The number of nitrogens with zero attached hydrogens (tertiary/aromatic N) is 4. The molecular weight excluding hydrogens is 458 g/mol. The second kappa shape index (κ2) is 10.3. The van der Waals surface area contributed by atoms with Gasteiger partial charge >= 0.3 is 5.69 Å². The Kier molecular flexibility index (Phi) is 6.80. The van der Waals surface area contributed by atoms with Crippen molar-refractivity contribution >= 4 is 46.2 Å². The van der Waals surface area contributed by atoms with E-state index in [1.54, 1.807) is 23.2 Å². The molecule has 0 spiro atoms. The van der Waals surface area contributed by atoms with E-state index in [-0.39, 0.29) is 17.2 Å². The Hall–Kier alpha value is -4.70. The van der Waals surface area contributed by atoms with Gasteiger partial charge in [0.1, 0.15) is 6.33 Å². The van der Waals surface area contributed by atoms with E-state index in [4.69, 9.17) is 11.6 Å². The molecule has 0 radical (unpaired) electrons. The number of para-hydroxylation sites is 2. The zero-order valence-electron chi connectivity index (χ0n) is 17.6. The van der Waals surface area contributed by atoms with Crippen molar-refractivity contribution in [2.45, 2.75) is 0 Å². The fourth-order valence-corrected chi connectivity index (χ4v) is 3.27. The number of halogens is 1. The molecule has 0 saturated carbocycles. The minimum atomic E-state index is -0.635. The van der Waals surface area contributed by atoms with Crippen molar-refractivity contribution in [3.63, 3.8) is 0 Å². The third-order valence-electron chi connectivity index (χ3n) is 4.63. The minimum Gasteiger partial charge on any atom is -0.276 e. The average Bonchev–Trinajstić information content (AvgIpc) is 2.86. The highest BCUT2D eigenvalue weighted by atomic mass is 35.5. The van der Waals surface area contributed by atoms with Crippen LogP contribution in [-0.4, -0.2) is 20.8 Å². The number of benzene rings is 3. The van der Waals surface area contributed by atoms with Crippen molar-refractivity contribution < 1.29 is 9.72 Å². The van der Waals surface area contributed by atoms with Crippen molar-refractivity contribution in [2.75, 3.05) is 15.9 Å². The van der Waals surface area contributed by atoms with E-state index in [1.807, 2.05) is 60.7 Å². The normalized spacial score (nSPS) is 10.3. The average molecular weight is 476 g/mol. The first-order chi connectivity index (χ1) is 16.5. The van der Waals surface area contributed by atoms with Gasteiger partial charge in [-0.25, -0.2) is 9.97 Å². The number of nitrogens with one attached hydrogen (secondary N) is 3. The molecule has 170 valence electrons. The predicted octanol–water partition coefficient (Wildman–Crippen LogP) is 4.96. The van der Waals surface area contributed by atoms with E-state index in [0.29, 0.717) is 5.02 Å². The maximum Gasteiger partial charge on any atom is 0.356 e. The highest BCUT2D eigenvalue weighted by Crippen LogP contribution is 2.32. The molecule has 1 amide bonds. The van der Waals surface area contributed by atoms with Crippen LogP contribution in [0.1, 0.15) is 10.4 Å². The Morgan fingerprint density at radius 2 is 1.50 bits per heavy atom. The molecule has 0 fully saturated rings. The number of hydrazine groups is 2. The molecule has 0 saturated heterocycles. The summed E-state index contributed by atoms with van der Waals surface area (Å²) in [6.07, 6.45) is 1.15. The number of nitro groups is 1. The van der Waals surface area contributed by atoms with Gasteiger partial charge in [-0.1, -0.05) is 54.1 Å². The van der Waals surface area contributed by atoms with Gasteiger partial charge in [0.2, 0.25) is 11.6 Å². The summed E-state index contributed by atoms with van der Waals surface area (Å²) in [6, 6.07) is 24.8. The van der Waals surface area contributed by atoms with Crippen LogP contribution >= 0.6 is 11.6 Å². The summed E-state index contributed by atoms with van der Waals surface area (Å²) in [5, 5.41) is 14.0. The van der Waals surface area contributed by atoms with E-state index in [9.17, 15) is 14.9 Å². The smallest absolute Gasteiger partial charge is 0.276 e. The molecule has 1 aromatic heterocycles. The second-order valence-electron chi connectivity index (χ2n) is 6.88. The van der Waals surface area contributed by atoms with E-state index in [2.05, 4.69) is 26.2 Å². The van der Waals surface area contributed by atoms with Crippen molar-refractivity contribution in [1.82, 2.24) is 15.4 Å². The summed E-state index contributed by atoms with van der Waals surface area (Å²) in [5.74, 6) is -0.814. The van der Waals surface area contributed by atoms with Gasteiger partial charge in [0.25, 0.3) is 5.91 Å². The quantitative estimate of drug-likeness (QED) is 0.241. The molecule has 0 aliphatic heterocycles. The van der Waals surface area contributed by atoms with Gasteiger partial charge in [0.15, 0.2) is 0 Å². The Morgan fingerprint density at radius 1 is 0.882 bits per heavy atom. The number of anilines is 4. The zero-order valence-corrected chi connectivity index (χ0v) is 18.3. The first-order valence-electron chi connectivity index (χ1n) is 10.0. The number of aromatic nitrogens is 2. The van der Waals surface area contributed by atoms with Gasteiger partial charge in [-0.05, 0) is 42.5 Å². The topological polar surface area (TPSA) is 125 Å². The van der Waals surface area contributed by atoms with Gasteiger partial charge in [0.05, 0.1) is 16.3 Å². The number of carbonyl (C=O) groups is 1. The number of carbonyl (C=O) groups excluding carboxylic acids is 1. The Balaban J connectivity index is 1.63. The molecule has 0 atom stereocenters. The molecule has 11 heteroatoms. The largest absolute Gasteiger partial charge is 0.356 e. The summed E-state index contributed by atoms with van der Waals surface area (Å²) < 4.78 is 0.